The summed E-state index contributed by atoms with van der Waals surface area (Å²) in [6.45, 7) is 9.07. The quantitative estimate of drug-likeness (QED) is 0.0302. The van der Waals surface area contributed by atoms with Crippen molar-refractivity contribution in [2.24, 2.45) is 0 Å². The molecule has 506 valence electrons. The summed E-state index contributed by atoms with van der Waals surface area (Å²) in [5.74, 6) is -0.339. The van der Waals surface area contributed by atoms with Gasteiger partial charge in [0, 0.05) is 95.3 Å². The molecular formula is C90H78N4O2S6. The highest BCUT2D eigenvalue weighted by atomic mass is 32.1. The molecule has 0 unspecified atom stereocenters. The molecule has 0 radical (unpaired) electrons. The maximum atomic E-state index is 14.5. The zero-order valence-electron chi connectivity index (χ0n) is 58.2. The molecule has 11 aromatic rings. The highest BCUT2D eigenvalue weighted by molar-refractivity contribution is 7.31. The van der Waals surface area contributed by atoms with Gasteiger partial charge in [-0.05, 0) is 165 Å². The van der Waals surface area contributed by atoms with E-state index in [1.54, 1.807) is 22.7 Å². The molecule has 0 aliphatic heterocycles. The van der Waals surface area contributed by atoms with E-state index in [0.717, 1.165) is 79.9 Å². The monoisotopic (exact) mass is 1440 g/mol. The Balaban J connectivity index is 1.01. The van der Waals surface area contributed by atoms with Crippen molar-refractivity contribution in [3.05, 3.63) is 264 Å². The molecule has 0 bridgehead atoms. The number of Topliss-reactive ketones (excluding diaryl/α,β-unsaturated/α-hetero) is 2. The van der Waals surface area contributed by atoms with E-state index in [9.17, 15) is 30.6 Å². The van der Waals surface area contributed by atoms with Gasteiger partial charge in [-0.1, -0.05) is 202 Å². The number of ketones is 2. The van der Waals surface area contributed by atoms with Crippen LogP contribution in [0.5, 0.6) is 0 Å². The maximum absolute atomic E-state index is 14.5. The molecule has 4 aliphatic carbocycles. The molecule has 0 saturated heterocycles. The number of hydrogen-bond acceptors (Lipinski definition) is 12. The fourth-order valence-corrected chi connectivity index (χ4v) is 23.7. The number of allylic oxidation sites excluding steroid dienone is 6. The number of unbranched alkanes of at least 4 members (excludes halogenated alkanes) is 12. The lowest BCUT2D eigenvalue weighted by molar-refractivity contribution is 0.103. The molecule has 0 atom stereocenters. The number of thiophene rings is 6. The fourth-order valence-electron chi connectivity index (χ4n) is 16.6. The summed E-state index contributed by atoms with van der Waals surface area (Å²) in [6.07, 6.45) is 26.8. The smallest absolute Gasteiger partial charge is 0.195 e. The lowest BCUT2D eigenvalue weighted by atomic mass is 9.65. The number of carbonyl (C=O) groups excluding carboxylic acids is 2. The maximum Gasteiger partial charge on any atom is 0.195 e. The van der Waals surface area contributed by atoms with Gasteiger partial charge >= 0.3 is 0 Å². The second-order valence-corrected chi connectivity index (χ2v) is 33.6. The predicted octanol–water partition coefficient (Wildman–Crippen LogP) is 25.7. The highest BCUT2D eigenvalue weighted by Gasteiger charge is 2.55. The molecule has 6 nitrogen and oxygen atoms in total. The second-order valence-electron chi connectivity index (χ2n) is 27.9. The molecule has 0 spiro atoms. The van der Waals surface area contributed by atoms with E-state index in [0.29, 0.717) is 44.5 Å². The van der Waals surface area contributed by atoms with Crippen molar-refractivity contribution in [2.75, 3.05) is 0 Å². The Bertz CT molecular complexity index is 4940. The lowest BCUT2D eigenvalue weighted by Crippen LogP contribution is -2.30. The summed E-state index contributed by atoms with van der Waals surface area (Å²) in [4.78, 5) is 33.2. The van der Waals surface area contributed by atoms with E-state index in [1.165, 1.54) is 187 Å². The fraction of sp³-hybridized carbons (Fsp3) is 0.289. The van der Waals surface area contributed by atoms with Crippen molar-refractivity contribution in [1.29, 1.82) is 21.0 Å². The van der Waals surface area contributed by atoms with Gasteiger partial charge in [0.25, 0.3) is 0 Å². The molecule has 4 aliphatic rings. The number of carbonyl (C=O) groups is 2. The third-order valence-electron chi connectivity index (χ3n) is 21.7. The number of nitrogens with zero attached hydrogens (tertiary/aromatic N) is 4. The first-order valence-corrected chi connectivity index (χ1v) is 41.7. The lowest BCUT2D eigenvalue weighted by Gasteiger charge is -2.36. The van der Waals surface area contributed by atoms with Crippen LogP contribution in [0.15, 0.2) is 165 Å². The van der Waals surface area contributed by atoms with E-state index in [2.05, 4.69) is 173 Å². The van der Waals surface area contributed by atoms with Gasteiger partial charge in [0.2, 0.25) is 0 Å². The number of hydrogen-bond donors (Lipinski definition) is 0. The van der Waals surface area contributed by atoms with Crippen LogP contribution in [0.25, 0.3) is 63.0 Å². The molecule has 12 heteroatoms. The first-order valence-electron chi connectivity index (χ1n) is 36.5. The zero-order chi connectivity index (χ0) is 70.2. The van der Waals surface area contributed by atoms with Gasteiger partial charge < -0.3 is 0 Å². The Kier molecular flexibility index (Phi) is 19.9. The van der Waals surface area contributed by atoms with E-state index < -0.39 is 10.8 Å². The molecule has 6 aromatic heterocycles. The van der Waals surface area contributed by atoms with Gasteiger partial charge in [0.1, 0.15) is 35.4 Å². The molecule has 6 heterocycles. The van der Waals surface area contributed by atoms with Crippen LogP contribution in [-0.2, 0) is 36.5 Å². The van der Waals surface area contributed by atoms with Crippen molar-refractivity contribution in [3.63, 3.8) is 0 Å². The number of rotatable bonds is 26. The minimum Gasteiger partial charge on any atom is -0.289 e. The summed E-state index contributed by atoms with van der Waals surface area (Å²) in [6, 6.07) is 56.6. The van der Waals surface area contributed by atoms with E-state index in [4.69, 9.17) is 0 Å². The van der Waals surface area contributed by atoms with Crippen LogP contribution in [0, 0.1) is 45.3 Å². The summed E-state index contributed by atoms with van der Waals surface area (Å²) in [7, 11) is 0. The average molecular weight is 1440 g/mol. The Hall–Kier alpha value is -8.92. The van der Waals surface area contributed by atoms with Crippen molar-refractivity contribution in [2.45, 2.75) is 167 Å². The van der Waals surface area contributed by atoms with Crippen molar-refractivity contribution < 1.29 is 9.59 Å². The van der Waals surface area contributed by atoms with Gasteiger partial charge in [-0.2, -0.15) is 43.7 Å². The van der Waals surface area contributed by atoms with E-state index in [1.807, 2.05) is 56.3 Å². The zero-order valence-corrected chi connectivity index (χ0v) is 63.1. The SMILES string of the molecule is CCCCCCc1ccc(C2(c3ccc(CCCCCC)cc3)c3cc4c(cc3-c3sc5cc(/C=C6\C(=O)c7cscc7C6=C(C#N)C#N)sc5c32)C(c2ccc(CCCCCC)cc2)(c2ccc(CCCCCC)cc2)c2c-4sc3cc(/C=C4/C(=O)c5cscc5C4=C(C#N)C#N)sc23)cc1. The van der Waals surface area contributed by atoms with Gasteiger partial charge in [-0.3, -0.25) is 9.59 Å². The van der Waals surface area contributed by atoms with Crippen LogP contribution < -0.4 is 0 Å². The van der Waals surface area contributed by atoms with E-state index >= 15 is 0 Å². The third kappa shape index (κ3) is 11.7. The van der Waals surface area contributed by atoms with Crippen molar-refractivity contribution >= 4 is 122 Å². The van der Waals surface area contributed by atoms with Gasteiger partial charge in [-0.25, -0.2) is 0 Å². The Labute approximate surface area is 623 Å². The molecule has 0 saturated carbocycles. The van der Waals surface area contributed by atoms with Crippen LogP contribution in [0.1, 0.15) is 239 Å². The normalized spacial score (nSPS) is 15.0. The summed E-state index contributed by atoms with van der Waals surface area (Å²) in [5.41, 5.74) is 19.5. The van der Waals surface area contributed by atoms with Crippen LogP contribution in [-0.4, -0.2) is 11.6 Å². The molecule has 0 amide bonds. The Morgan fingerprint density at radius 3 is 0.971 bits per heavy atom. The largest absolute Gasteiger partial charge is 0.289 e. The summed E-state index contributed by atoms with van der Waals surface area (Å²) in [5, 5.41) is 48.9. The topological polar surface area (TPSA) is 129 Å². The molecule has 5 aromatic carbocycles. The Morgan fingerprint density at radius 2 is 0.676 bits per heavy atom. The number of fused-ring (bicyclic) bond motifs is 12. The Morgan fingerprint density at radius 1 is 0.373 bits per heavy atom. The molecule has 0 N–H and O–H groups in total. The summed E-state index contributed by atoms with van der Waals surface area (Å²) < 4.78 is 4.52. The molecule has 15 rings (SSSR count). The van der Waals surface area contributed by atoms with Gasteiger partial charge in [0.05, 0.1) is 20.2 Å². The standard InChI is InChI=1S/C90H78N4O2S6/c1-5-9-13-17-21-55-25-33-61(34-26-55)89(62-35-27-56(28-36-62)22-18-14-10-6-2)75-45-68-76(46-67(75)85-81(89)87-77(101-85)43-65(99-87)41-69-79(59(47-91)48-92)71-51-97-53-73(71)83(69)95)90(63-37-29-57(30-38-63)23-19-15-11-7-3,64-39-31-58(32-40-64)24-20-16-12-8-4)82-86(68)102-78-44-66(100-88(78)82)42-70-80(60(49-93)50-94)72-52-98-54-74(72)84(70)96/h25-46,51-54H,5-24H2,1-4H3/b69-41-,70-42+. The van der Waals surface area contributed by atoms with Crippen molar-refractivity contribution in [3.8, 4) is 45.2 Å². The van der Waals surface area contributed by atoms with Crippen LogP contribution >= 0.6 is 68.0 Å². The van der Waals surface area contributed by atoms with Crippen LogP contribution in [0.2, 0.25) is 0 Å². The van der Waals surface area contributed by atoms with E-state index in [-0.39, 0.29) is 22.7 Å². The minimum atomic E-state index is -0.827. The molecular weight excluding hydrogens is 1360 g/mol. The van der Waals surface area contributed by atoms with Crippen LogP contribution in [0.4, 0.5) is 0 Å². The van der Waals surface area contributed by atoms with Gasteiger partial charge in [-0.15, -0.1) is 45.3 Å². The highest BCUT2D eigenvalue weighted by Crippen LogP contribution is 2.68. The predicted molar refractivity (Wildman–Crippen MR) is 428 cm³/mol. The second kappa shape index (κ2) is 29.4. The minimum absolute atomic E-state index is 0.0634. The third-order valence-corrected chi connectivity index (χ3v) is 28.0. The number of benzene rings is 5. The first kappa shape index (κ1) is 68.8. The van der Waals surface area contributed by atoms with Crippen molar-refractivity contribution in [1.82, 2.24) is 0 Å². The molecule has 102 heavy (non-hydrogen) atoms. The van der Waals surface area contributed by atoms with Crippen LogP contribution in [0.3, 0.4) is 0 Å². The summed E-state index contributed by atoms with van der Waals surface area (Å²) >= 11 is 9.85. The average Bonchev–Trinajstić information content (AvgIpc) is 1.49. The van der Waals surface area contributed by atoms with Gasteiger partial charge in [0.15, 0.2) is 11.6 Å². The number of nitriles is 4. The molecule has 0 fully saturated rings. The number of aryl methyl sites for hydroxylation is 4. The first-order chi connectivity index (χ1) is 50.1.